The van der Waals surface area contributed by atoms with Crippen molar-refractivity contribution in [2.45, 2.75) is 0 Å². The Morgan fingerprint density at radius 1 is 0.926 bits per heavy atom. The van der Waals surface area contributed by atoms with E-state index >= 15 is 0 Å². The largest absolute Gasteiger partial charge is 0.493 e. The van der Waals surface area contributed by atoms with Crippen LogP contribution in [0.25, 0.3) is 16.7 Å². The Bertz CT molecular complexity index is 1020. The molecule has 0 amide bonds. The molecule has 0 saturated carbocycles. The Morgan fingerprint density at radius 3 is 2.30 bits per heavy atom. The molecule has 2 N–H and O–H groups in total. The van der Waals surface area contributed by atoms with Crippen LogP contribution in [0.2, 0.25) is 0 Å². The van der Waals surface area contributed by atoms with Gasteiger partial charge in [0, 0.05) is 11.8 Å². The van der Waals surface area contributed by atoms with Crippen molar-refractivity contribution < 1.29 is 9.47 Å². The number of anilines is 1. The molecule has 0 saturated heterocycles. The van der Waals surface area contributed by atoms with Crippen LogP contribution in [0.1, 0.15) is 11.1 Å². The average molecular weight is 356 g/mol. The molecule has 3 rings (SSSR count). The first-order valence-electron chi connectivity index (χ1n) is 8.45. The molecule has 0 radical (unpaired) electrons. The van der Waals surface area contributed by atoms with E-state index in [0.29, 0.717) is 17.2 Å². The lowest BCUT2D eigenvalue weighted by molar-refractivity contribution is 0.355. The van der Waals surface area contributed by atoms with E-state index in [-0.39, 0.29) is 0 Å². The van der Waals surface area contributed by atoms with E-state index in [9.17, 15) is 5.26 Å². The summed E-state index contributed by atoms with van der Waals surface area (Å²) in [6, 6.07) is 23.4. The Morgan fingerprint density at radius 2 is 1.63 bits per heavy atom. The molecule has 3 aromatic carbocycles. The van der Waals surface area contributed by atoms with E-state index in [0.717, 1.165) is 27.8 Å². The minimum atomic E-state index is 0.656. The Labute approximate surface area is 159 Å². The van der Waals surface area contributed by atoms with Gasteiger partial charge in [-0.3, -0.25) is 0 Å². The topological polar surface area (TPSA) is 68.3 Å². The maximum absolute atomic E-state index is 9.34. The first-order valence-corrected chi connectivity index (χ1v) is 8.45. The molecular formula is C23H20N2O2. The summed E-state index contributed by atoms with van der Waals surface area (Å²) in [6.07, 6.45) is 1.56. The number of hydrogen-bond acceptors (Lipinski definition) is 4. The molecule has 0 bridgehead atoms. The minimum Gasteiger partial charge on any atom is -0.493 e. The number of methoxy groups -OCH3 is 2. The first-order chi connectivity index (χ1) is 13.2. The number of benzene rings is 3. The third-order valence-corrected chi connectivity index (χ3v) is 4.34. The summed E-state index contributed by atoms with van der Waals surface area (Å²) >= 11 is 0. The molecule has 0 aliphatic heterocycles. The van der Waals surface area contributed by atoms with Crippen molar-refractivity contribution in [3.8, 4) is 28.7 Å². The van der Waals surface area contributed by atoms with Crippen molar-refractivity contribution in [1.82, 2.24) is 0 Å². The van der Waals surface area contributed by atoms with Gasteiger partial charge >= 0.3 is 0 Å². The third kappa shape index (κ3) is 3.78. The van der Waals surface area contributed by atoms with E-state index in [1.165, 1.54) is 0 Å². The van der Waals surface area contributed by atoms with Gasteiger partial charge in [-0.25, -0.2) is 0 Å². The molecule has 134 valence electrons. The zero-order chi connectivity index (χ0) is 19.2. The van der Waals surface area contributed by atoms with Crippen LogP contribution in [0, 0.1) is 11.3 Å². The summed E-state index contributed by atoms with van der Waals surface area (Å²) in [7, 11) is 3.23. The van der Waals surface area contributed by atoms with E-state index < -0.39 is 0 Å². The summed E-state index contributed by atoms with van der Waals surface area (Å²) < 4.78 is 10.8. The molecule has 4 nitrogen and oxygen atoms in total. The van der Waals surface area contributed by atoms with Gasteiger partial charge in [-0.15, -0.1) is 0 Å². The molecular weight excluding hydrogens is 336 g/mol. The molecule has 0 aliphatic carbocycles. The number of nitrogens with two attached hydrogens (primary N) is 1. The second-order valence-corrected chi connectivity index (χ2v) is 5.92. The van der Waals surface area contributed by atoms with Crippen LogP contribution in [-0.2, 0) is 0 Å². The number of nitrogens with zero attached hydrogens (tertiary/aromatic N) is 1. The molecule has 0 unspecified atom stereocenters. The van der Waals surface area contributed by atoms with Gasteiger partial charge in [-0.05, 0) is 52.1 Å². The van der Waals surface area contributed by atoms with Crippen LogP contribution in [0.15, 0.2) is 72.8 Å². The quantitative estimate of drug-likeness (QED) is 0.521. The average Bonchev–Trinajstić information content (AvgIpc) is 2.72. The van der Waals surface area contributed by atoms with Crippen LogP contribution in [0.3, 0.4) is 0 Å². The van der Waals surface area contributed by atoms with Gasteiger partial charge in [-0.2, -0.15) is 5.26 Å². The standard InChI is InChI=1S/C23H20N2O2/c1-26-22-12-9-17(15-23(22)27-2)19-5-3-4-6-21(19)20(13-14-24)16-7-10-18(25)11-8-16/h3-13,15H,25H2,1-2H3. The predicted octanol–water partition coefficient (Wildman–Crippen LogP) is 4.91. The molecule has 0 heterocycles. The molecule has 4 heteroatoms. The third-order valence-electron chi connectivity index (χ3n) is 4.34. The van der Waals surface area contributed by atoms with Crippen molar-refractivity contribution in [3.05, 3.63) is 83.9 Å². The Balaban J connectivity index is 2.17. The monoisotopic (exact) mass is 356 g/mol. The SMILES string of the molecule is COc1ccc(-c2ccccc2C(=CC#N)c2ccc(N)cc2)cc1OC. The molecule has 0 atom stereocenters. The van der Waals surface area contributed by atoms with E-state index in [2.05, 4.69) is 6.07 Å². The number of rotatable bonds is 5. The summed E-state index contributed by atoms with van der Waals surface area (Å²) in [5.74, 6) is 1.33. The van der Waals surface area contributed by atoms with Gasteiger partial charge in [0.2, 0.25) is 0 Å². The first kappa shape index (κ1) is 18.1. The number of allylic oxidation sites excluding steroid dienone is 1. The van der Waals surface area contributed by atoms with Crippen LogP contribution < -0.4 is 15.2 Å². The van der Waals surface area contributed by atoms with Crippen molar-refractivity contribution in [2.75, 3.05) is 20.0 Å². The highest BCUT2D eigenvalue weighted by Crippen LogP contribution is 2.37. The normalized spacial score (nSPS) is 10.9. The van der Waals surface area contributed by atoms with E-state index in [1.54, 1.807) is 20.3 Å². The highest BCUT2D eigenvalue weighted by Gasteiger charge is 2.13. The maximum atomic E-state index is 9.34. The minimum absolute atomic E-state index is 0.656. The second-order valence-electron chi connectivity index (χ2n) is 5.92. The lowest BCUT2D eigenvalue weighted by Crippen LogP contribution is -1.95. The van der Waals surface area contributed by atoms with Gasteiger partial charge in [0.05, 0.1) is 20.3 Å². The number of hydrogen-bond donors (Lipinski definition) is 1. The van der Waals surface area contributed by atoms with Gasteiger partial charge in [0.1, 0.15) is 0 Å². The molecule has 3 aromatic rings. The summed E-state index contributed by atoms with van der Waals surface area (Å²) in [5, 5.41) is 9.34. The van der Waals surface area contributed by atoms with Crippen LogP contribution in [0.4, 0.5) is 5.69 Å². The Hall–Kier alpha value is -3.71. The lowest BCUT2D eigenvalue weighted by atomic mass is 9.90. The second kappa shape index (κ2) is 8.11. The molecule has 0 fully saturated rings. The van der Waals surface area contributed by atoms with Gasteiger partial charge in [0.25, 0.3) is 0 Å². The predicted molar refractivity (Wildman–Crippen MR) is 109 cm³/mol. The van der Waals surface area contributed by atoms with Gasteiger partial charge < -0.3 is 15.2 Å². The fourth-order valence-corrected chi connectivity index (χ4v) is 3.02. The smallest absolute Gasteiger partial charge is 0.161 e. The molecule has 0 spiro atoms. The van der Waals surface area contributed by atoms with Gasteiger partial charge in [-0.1, -0.05) is 42.5 Å². The summed E-state index contributed by atoms with van der Waals surface area (Å²) in [5.41, 5.74) is 11.2. The molecule has 0 aromatic heterocycles. The van der Waals surface area contributed by atoms with E-state index in [1.807, 2.05) is 66.7 Å². The van der Waals surface area contributed by atoms with Crippen molar-refractivity contribution >= 4 is 11.3 Å². The maximum Gasteiger partial charge on any atom is 0.161 e. The summed E-state index contributed by atoms with van der Waals surface area (Å²) in [6.45, 7) is 0. The highest BCUT2D eigenvalue weighted by atomic mass is 16.5. The van der Waals surface area contributed by atoms with Crippen LogP contribution >= 0.6 is 0 Å². The van der Waals surface area contributed by atoms with Crippen LogP contribution in [-0.4, -0.2) is 14.2 Å². The highest BCUT2D eigenvalue weighted by molar-refractivity contribution is 5.90. The molecule has 0 aliphatic rings. The van der Waals surface area contributed by atoms with Crippen molar-refractivity contribution in [3.63, 3.8) is 0 Å². The zero-order valence-electron chi connectivity index (χ0n) is 15.3. The van der Waals surface area contributed by atoms with Gasteiger partial charge in [0.15, 0.2) is 11.5 Å². The fourth-order valence-electron chi connectivity index (χ4n) is 3.02. The fraction of sp³-hybridized carbons (Fsp3) is 0.0870. The number of ether oxygens (including phenoxy) is 2. The van der Waals surface area contributed by atoms with Crippen LogP contribution in [0.5, 0.6) is 11.5 Å². The lowest BCUT2D eigenvalue weighted by Gasteiger charge is -2.15. The van der Waals surface area contributed by atoms with E-state index in [4.69, 9.17) is 15.2 Å². The summed E-state index contributed by atoms with van der Waals surface area (Å²) in [4.78, 5) is 0. The Kier molecular flexibility index (Phi) is 5.44. The van der Waals surface area contributed by atoms with Crippen molar-refractivity contribution in [2.24, 2.45) is 0 Å². The number of nitrogen functional groups attached to an aromatic ring is 1. The molecule has 27 heavy (non-hydrogen) atoms. The zero-order valence-corrected chi connectivity index (χ0v) is 15.3. The van der Waals surface area contributed by atoms with Crippen molar-refractivity contribution in [1.29, 1.82) is 5.26 Å². The number of nitriles is 1.